The molecule has 22 heavy (non-hydrogen) atoms. The quantitative estimate of drug-likeness (QED) is 0.806. The molecule has 6 nitrogen and oxygen atoms in total. The summed E-state index contributed by atoms with van der Waals surface area (Å²) in [5, 5.41) is 0. The van der Waals surface area contributed by atoms with Gasteiger partial charge in [-0.3, -0.25) is 0 Å². The minimum Gasteiger partial charge on any atom is -0.342 e. The Bertz CT molecular complexity index is 775. The van der Waals surface area contributed by atoms with E-state index < -0.39 is 11.9 Å². The molecule has 0 aliphatic carbocycles. The second-order valence-electron chi connectivity index (χ2n) is 4.63. The number of rotatable bonds is 3. The molecule has 0 saturated heterocycles. The average Bonchev–Trinajstić information content (AvgIpc) is 3.07. The van der Waals surface area contributed by atoms with Gasteiger partial charge in [-0.2, -0.15) is 13.2 Å². The molecule has 0 aliphatic heterocycles. The van der Waals surface area contributed by atoms with Crippen molar-refractivity contribution in [2.75, 3.05) is 0 Å². The van der Waals surface area contributed by atoms with Crippen LogP contribution in [0.4, 0.5) is 13.2 Å². The second-order valence-corrected chi connectivity index (χ2v) is 4.63. The van der Waals surface area contributed by atoms with Gasteiger partial charge in [0.2, 0.25) is 0 Å². The number of hydrogen-bond donors (Lipinski definition) is 1. The molecule has 0 aromatic carbocycles. The zero-order valence-corrected chi connectivity index (χ0v) is 11.5. The fourth-order valence-electron chi connectivity index (χ4n) is 2.04. The van der Waals surface area contributed by atoms with Gasteiger partial charge >= 0.3 is 6.18 Å². The summed E-state index contributed by atoms with van der Waals surface area (Å²) < 4.78 is 40.0. The van der Waals surface area contributed by atoms with Crippen LogP contribution in [0.3, 0.4) is 0 Å². The lowest BCUT2D eigenvalue weighted by Gasteiger charge is -2.10. The summed E-state index contributed by atoms with van der Waals surface area (Å²) in [6.45, 7) is 1.57. The monoisotopic (exact) mass is 308 g/mol. The molecule has 0 atom stereocenters. The van der Waals surface area contributed by atoms with Crippen LogP contribution < -0.4 is 0 Å². The third-order valence-electron chi connectivity index (χ3n) is 2.93. The molecule has 0 fully saturated rings. The lowest BCUT2D eigenvalue weighted by Crippen LogP contribution is -2.14. The molecule has 0 aliphatic rings. The number of nitrogens with zero attached hydrogens (tertiary/aromatic N) is 5. The summed E-state index contributed by atoms with van der Waals surface area (Å²) in [5.41, 5.74) is -0.688. The van der Waals surface area contributed by atoms with Crippen molar-refractivity contribution in [2.45, 2.75) is 19.6 Å². The molecule has 3 aromatic heterocycles. The highest BCUT2D eigenvalue weighted by Crippen LogP contribution is 2.28. The number of aromatic nitrogens is 6. The lowest BCUT2D eigenvalue weighted by atomic mass is 10.3. The molecule has 3 aromatic rings. The van der Waals surface area contributed by atoms with Crippen LogP contribution >= 0.6 is 0 Å². The summed E-state index contributed by atoms with van der Waals surface area (Å²) in [4.78, 5) is 18.8. The van der Waals surface area contributed by atoms with E-state index in [9.17, 15) is 13.2 Å². The molecule has 1 N–H and O–H groups in total. The molecule has 0 amide bonds. The van der Waals surface area contributed by atoms with Gasteiger partial charge in [0.15, 0.2) is 11.6 Å². The van der Waals surface area contributed by atoms with Crippen molar-refractivity contribution >= 4 is 0 Å². The van der Waals surface area contributed by atoms with E-state index in [0.717, 1.165) is 6.07 Å². The first-order valence-electron chi connectivity index (χ1n) is 6.36. The predicted molar refractivity (Wildman–Crippen MR) is 70.7 cm³/mol. The van der Waals surface area contributed by atoms with E-state index in [0.29, 0.717) is 11.6 Å². The molecule has 3 heterocycles. The summed E-state index contributed by atoms with van der Waals surface area (Å²) in [6.07, 6.45) is 1.88. The van der Waals surface area contributed by atoms with E-state index >= 15 is 0 Å². The van der Waals surface area contributed by atoms with Crippen molar-refractivity contribution in [3.8, 4) is 11.6 Å². The molecule has 114 valence electrons. The number of hydrogen-bond acceptors (Lipinski definition) is 4. The standard InChI is InChI=1S/C13H11F3N6/c1-8-6-9(13(14,15)16)21-10(20-8)7-22-5-4-19-12(22)11-17-2-3-18-11/h2-6H,7H2,1H3,(H,17,18). The predicted octanol–water partition coefficient (Wildman–Crippen LogP) is 2.44. The summed E-state index contributed by atoms with van der Waals surface area (Å²) >= 11 is 0. The molecular weight excluding hydrogens is 297 g/mol. The summed E-state index contributed by atoms with van der Waals surface area (Å²) in [5.74, 6) is 1.09. The van der Waals surface area contributed by atoms with Gasteiger partial charge in [0.1, 0.15) is 11.5 Å². The van der Waals surface area contributed by atoms with E-state index in [4.69, 9.17) is 0 Å². The molecule has 0 bridgehead atoms. The number of alkyl halides is 3. The van der Waals surface area contributed by atoms with Crippen LogP contribution in [0.25, 0.3) is 11.6 Å². The van der Waals surface area contributed by atoms with Crippen molar-refractivity contribution in [1.29, 1.82) is 0 Å². The summed E-state index contributed by atoms with van der Waals surface area (Å²) in [7, 11) is 0. The van der Waals surface area contributed by atoms with Crippen LogP contribution in [0.1, 0.15) is 17.2 Å². The Kier molecular flexibility index (Phi) is 3.39. The average molecular weight is 308 g/mol. The first kappa shape index (κ1) is 14.2. The number of nitrogens with one attached hydrogen (secondary N) is 1. The lowest BCUT2D eigenvalue weighted by molar-refractivity contribution is -0.141. The van der Waals surface area contributed by atoms with Gasteiger partial charge in [-0.05, 0) is 13.0 Å². The van der Waals surface area contributed by atoms with Gasteiger partial charge in [0.25, 0.3) is 0 Å². The Labute approximate surface area is 123 Å². The molecular formula is C13H11F3N6. The number of imidazole rings is 2. The van der Waals surface area contributed by atoms with Gasteiger partial charge in [0.05, 0.1) is 6.54 Å². The van der Waals surface area contributed by atoms with Gasteiger partial charge < -0.3 is 9.55 Å². The first-order valence-corrected chi connectivity index (χ1v) is 6.36. The molecule has 3 rings (SSSR count). The zero-order chi connectivity index (χ0) is 15.7. The van der Waals surface area contributed by atoms with E-state index in [-0.39, 0.29) is 18.1 Å². The highest BCUT2D eigenvalue weighted by molar-refractivity contribution is 5.43. The smallest absolute Gasteiger partial charge is 0.342 e. The minimum atomic E-state index is -4.50. The van der Waals surface area contributed by atoms with Gasteiger partial charge in [-0.1, -0.05) is 0 Å². The van der Waals surface area contributed by atoms with E-state index in [1.807, 2.05) is 0 Å². The van der Waals surface area contributed by atoms with Crippen LogP contribution in [-0.4, -0.2) is 29.5 Å². The first-order chi connectivity index (χ1) is 10.4. The largest absolute Gasteiger partial charge is 0.433 e. The van der Waals surface area contributed by atoms with Gasteiger partial charge in [-0.15, -0.1) is 0 Å². The van der Waals surface area contributed by atoms with Crippen LogP contribution in [0.15, 0.2) is 30.9 Å². The maximum atomic E-state index is 12.8. The van der Waals surface area contributed by atoms with Crippen molar-refractivity contribution < 1.29 is 13.2 Å². The van der Waals surface area contributed by atoms with E-state index in [2.05, 4.69) is 24.9 Å². The minimum absolute atomic E-state index is 0.0677. The Morgan fingerprint density at radius 3 is 2.68 bits per heavy atom. The fraction of sp³-hybridized carbons (Fsp3) is 0.231. The molecule has 0 unspecified atom stereocenters. The fourth-order valence-corrected chi connectivity index (χ4v) is 2.04. The maximum Gasteiger partial charge on any atom is 0.433 e. The van der Waals surface area contributed by atoms with Crippen LogP contribution in [0, 0.1) is 6.92 Å². The zero-order valence-electron chi connectivity index (χ0n) is 11.5. The topological polar surface area (TPSA) is 72.3 Å². The molecule has 0 spiro atoms. The van der Waals surface area contributed by atoms with Crippen LogP contribution in [0.2, 0.25) is 0 Å². The number of halogens is 3. The highest BCUT2D eigenvalue weighted by Gasteiger charge is 2.33. The van der Waals surface area contributed by atoms with Crippen molar-refractivity contribution in [2.24, 2.45) is 0 Å². The molecule has 0 radical (unpaired) electrons. The van der Waals surface area contributed by atoms with Crippen LogP contribution in [0.5, 0.6) is 0 Å². The Morgan fingerprint density at radius 2 is 2.00 bits per heavy atom. The van der Waals surface area contributed by atoms with Crippen molar-refractivity contribution in [3.05, 3.63) is 48.1 Å². The van der Waals surface area contributed by atoms with Crippen molar-refractivity contribution in [3.63, 3.8) is 0 Å². The van der Waals surface area contributed by atoms with Gasteiger partial charge in [0, 0.05) is 30.5 Å². The Morgan fingerprint density at radius 1 is 1.18 bits per heavy atom. The Balaban J connectivity index is 1.95. The highest BCUT2D eigenvalue weighted by atomic mass is 19.4. The second kappa shape index (κ2) is 5.24. The summed E-state index contributed by atoms with van der Waals surface area (Å²) in [6, 6.07) is 0.921. The molecule has 9 heteroatoms. The van der Waals surface area contributed by atoms with Crippen LogP contribution in [-0.2, 0) is 12.7 Å². The van der Waals surface area contributed by atoms with Crippen molar-refractivity contribution in [1.82, 2.24) is 29.5 Å². The Hall–Kier alpha value is -2.71. The normalized spacial score (nSPS) is 11.8. The van der Waals surface area contributed by atoms with E-state index in [1.54, 1.807) is 29.4 Å². The number of aromatic amines is 1. The van der Waals surface area contributed by atoms with Gasteiger partial charge in [-0.25, -0.2) is 19.9 Å². The number of H-pyrrole nitrogens is 1. The van der Waals surface area contributed by atoms with E-state index in [1.165, 1.54) is 6.92 Å². The number of aryl methyl sites for hydroxylation is 1. The third kappa shape index (κ3) is 2.83. The maximum absolute atomic E-state index is 12.8. The molecule has 0 saturated carbocycles. The SMILES string of the molecule is Cc1cc(C(F)(F)F)nc(Cn2ccnc2-c2ncc[nH]2)n1. The third-order valence-corrected chi connectivity index (χ3v) is 2.93.